The molecule has 4 rings (SSSR count). The first-order valence-corrected chi connectivity index (χ1v) is 12.0. The molecule has 0 amide bonds. The number of esters is 2. The third-order valence-corrected chi connectivity index (χ3v) is 5.96. The fourth-order valence-corrected chi connectivity index (χ4v) is 4.08. The lowest BCUT2D eigenvalue weighted by molar-refractivity contribution is -0.147. The number of aromatic nitrogens is 1. The van der Waals surface area contributed by atoms with Crippen LogP contribution in [0.25, 0.3) is 46.1 Å². The zero-order chi connectivity index (χ0) is 26.4. The number of aromatic amines is 1. The van der Waals surface area contributed by atoms with Gasteiger partial charge in [0.05, 0.1) is 5.52 Å². The van der Waals surface area contributed by atoms with Crippen LogP contribution in [-0.2, 0) is 19.1 Å². The second-order valence-electron chi connectivity index (χ2n) is 8.71. The number of para-hydroxylation sites is 1. The molecule has 0 atom stereocenters. The van der Waals surface area contributed by atoms with E-state index in [1.165, 1.54) is 0 Å². The highest BCUT2D eigenvalue weighted by Crippen LogP contribution is 2.34. The molecule has 186 valence electrons. The van der Waals surface area contributed by atoms with Gasteiger partial charge in [0.1, 0.15) is 13.2 Å². The van der Waals surface area contributed by atoms with Crippen LogP contribution in [0, 0.1) is 0 Å². The van der Waals surface area contributed by atoms with E-state index in [-0.39, 0.29) is 13.2 Å². The van der Waals surface area contributed by atoms with E-state index in [0.717, 1.165) is 44.1 Å². The number of H-pyrrole nitrogens is 1. The predicted octanol–water partition coefficient (Wildman–Crippen LogP) is 7.20. The van der Waals surface area contributed by atoms with Crippen LogP contribution in [-0.4, -0.2) is 30.1 Å². The second kappa shape index (κ2) is 11.4. The number of fused-ring (bicyclic) bond motifs is 3. The molecule has 37 heavy (non-hydrogen) atoms. The summed E-state index contributed by atoms with van der Waals surface area (Å²) in [5.74, 6) is -1.00. The smallest absolute Gasteiger partial charge is 0.333 e. The summed E-state index contributed by atoms with van der Waals surface area (Å²) in [6, 6.07) is 20.3. The summed E-state index contributed by atoms with van der Waals surface area (Å²) in [6.45, 7) is 10.8. The predicted molar refractivity (Wildman–Crippen MR) is 152 cm³/mol. The van der Waals surface area contributed by atoms with Crippen LogP contribution in [0.15, 0.2) is 85.0 Å². The molecule has 4 aromatic rings. The standard InChI is InChI=1S/C32H29NO4/c1-5-24-20-28-25-13-9-10-14-29(25)33-30(28)26(16-15-23-11-7-6-8-12-23)27(24)19-22(4)32(35)37-18-17-36-31(34)21(2)3/h5-16,19-20,33H,1-2,17-18H2,3-4H3. The van der Waals surface area contributed by atoms with Crippen molar-refractivity contribution in [3.63, 3.8) is 0 Å². The Morgan fingerprint density at radius 3 is 2.24 bits per heavy atom. The van der Waals surface area contributed by atoms with Crippen LogP contribution in [0.5, 0.6) is 0 Å². The Kier molecular flexibility index (Phi) is 7.84. The van der Waals surface area contributed by atoms with Gasteiger partial charge in [0.2, 0.25) is 0 Å². The molecule has 0 saturated heterocycles. The maximum Gasteiger partial charge on any atom is 0.333 e. The molecular formula is C32H29NO4. The molecule has 3 aromatic carbocycles. The fraction of sp³-hybridized carbons (Fsp3) is 0.125. The molecule has 0 radical (unpaired) electrons. The first-order chi connectivity index (χ1) is 17.9. The van der Waals surface area contributed by atoms with Gasteiger partial charge in [-0.05, 0) is 48.7 Å². The Morgan fingerprint density at radius 2 is 1.54 bits per heavy atom. The monoisotopic (exact) mass is 491 g/mol. The van der Waals surface area contributed by atoms with E-state index in [1.54, 1.807) is 19.9 Å². The van der Waals surface area contributed by atoms with E-state index < -0.39 is 11.9 Å². The minimum absolute atomic E-state index is 0.0330. The van der Waals surface area contributed by atoms with Gasteiger partial charge in [-0.25, -0.2) is 9.59 Å². The third kappa shape index (κ3) is 5.78. The van der Waals surface area contributed by atoms with Crippen LogP contribution in [0.4, 0.5) is 0 Å². The largest absolute Gasteiger partial charge is 0.459 e. The van der Waals surface area contributed by atoms with Crippen LogP contribution in [0.1, 0.15) is 36.1 Å². The summed E-state index contributed by atoms with van der Waals surface area (Å²) in [4.78, 5) is 27.8. The average molecular weight is 492 g/mol. The fourth-order valence-electron chi connectivity index (χ4n) is 4.08. The molecule has 0 aliphatic carbocycles. The SMILES string of the molecule is C=Cc1cc2c([nH]c3ccccc32)c(C=Cc2ccccc2)c1C=C(C)C(=O)OCCOC(=O)C(=C)C. The molecule has 1 N–H and O–H groups in total. The van der Waals surface area contributed by atoms with Gasteiger partial charge in [-0.15, -0.1) is 0 Å². The van der Waals surface area contributed by atoms with Gasteiger partial charge >= 0.3 is 11.9 Å². The van der Waals surface area contributed by atoms with Crippen molar-refractivity contribution < 1.29 is 19.1 Å². The molecule has 0 spiro atoms. The molecule has 5 nitrogen and oxygen atoms in total. The zero-order valence-corrected chi connectivity index (χ0v) is 21.0. The molecule has 1 heterocycles. The van der Waals surface area contributed by atoms with E-state index >= 15 is 0 Å². The second-order valence-corrected chi connectivity index (χ2v) is 8.71. The molecule has 0 bridgehead atoms. The Morgan fingerprint density at radius 1 is 0.865 bits per heavy atom. The lowest BCUT2D eigenvalue weighted by Crippen LogP contribution is -2.14. The molecule has 0 aliphatic heterocycles. The van der Waals surface area contributed by atoms with Crippen molar-refractivity contribution in [3.8, 4) is 0 Å². The van der Waals surface area contributed by atoms with Gasteiger partial charge in [-0.3, -0.25) is 0 Å². The number of hydrogen-bond donors (Lipinski definition) is 1. The molecule has 0 fully saturated rings. The maximum absolute atomic E-state index is 12.7. The van der Waals surface area contributed by atoms with E-state index in [2.05, 4.69) is 36.4 Å². The number of carbonyl (C=O) groups is 2. The van der Waals surface area contributed by atoms with Crippen LogP contribution in [0.3, 0.4) is 0 Å². The number of hydrogen-bond acceptors (Lipinski definition) is 4. The lowest BCUT2D eigenvalue weighted by Gasteiger charge is -2.11. The van der Waals surface area contributed by atoms with Gasteiger partial charge < -0.3 is 14.5 Å². The summed E-state index contributed by atoms with van der Waals surface area (Å²) >= 11 is 0. The number of ether oxygens (including phenoxy) is 2. The highest BCUT2D eigenvalue weighted by atomic mass is 16.6. The first-order valence-electron chi connectivity index (χ1n) is 12.0. The highest BCUT2D eigenvalue weighted by Gasteiger charge is 2.15. The Bertz CT molecular complexity index is 1550. The number of carbonyl (C=O) groups excluding carboxylic acids is 2. The highest BCUT2D eigenvalue weighted by molar-refractivity contribution is 6.12. The topological polar surface area (TPSA) is 68.4 Å². The average Bonchev–Trinajstić information content (AvgIpc) is 3.28. The molecule has 5 heteroatoms. The Balaban J connectivity index is 1.74. The minimum atomic E-state index is -0.513. The van der Waals surface area contributed by atoms with Crippen molar-refractivity contribution in [1.82, 2.24) is 4.98 Å². The summed E-state index contributed by atoms with van der Waals surface area (Å²) in [7, 11) is 0. The normalized spacial score (nSPS) is 11.7. The quantitative estimate of drug-likeness (QED) is 0.116. The van der Waals surface area contributed by atoms with Gasteiger partial charge in [0, 0.05) is 33.0 Å². The first kappa shape index (κ1) is 25.5. The molecular weight excluding hydrogens is 462 g/mol. The van der Waals surface area contributed by atoms with Crippen LogP contribution >= 0.6 is 0 Å². The van der Waals surface area contributed by atoms with Gasteiger partial charge in [-0.2, -0.15) is 0 Å². The van der Waals surface area contributed by atoms with E-state index in [4.69, 9.17) is 9.47 Å². The molecule has 0 saturated carbocycles. The van der Waals surface area contributed by atoms with Gasteiger partial charge in [0.25, 0.3) is 0 Å². The number of rotatable bonds is 9. The van der Waals surface area contributed by atoms with Crippen LogP contribution in [0.2, 0.25) is 0 Å². The minimum Gasteiger partial charge on any atom is -0.459 e. The van der Waals surface area contributed by atoms with Crippen molar-refractivity contribution in [2.75, 3.05) is 13.2 Å². The van der Waals surface area contributed by atoms with E-state index in [9.17, 15) is 9.59 Å². The van der Waals surface area contributed by atoms with Crippen molar-refractivity contribution in [2.24, 2.45) is 0 Å². The van der Waals surface area contributed by atoms with Crippen molar-refractivity contribution in [3.05, 3.63) is 107 Å². The molecule has 1 aromatic heterocycles. The van der Waals surface area contributed by atoms with Gasteiger partial charge in [0.15, 0.2) is 0 Å². The van der Waals surface area contributed by atoms with E-state index in [1.807, 2.05) is 60.7 Å². The van der Waals surface area contributed by atoms with Crippen LogP contribution < -0.4 is 0 Å². The number of benzene rings is 3. The summed E-state index contributed by atoms with van der Waals surface area (Å²) in [5, 5.41) is 2.20. The number of nitrogens with one attached hydrogen (secondary N) is 1. The van der Waals surface area contributed by atoms with Crippen molar-refractivity contribution in [2.45, 2.75) is 13.8 Å². The Hall–Kier alpha value is -4.64. The van der Waals surface area contributed by atoms with Gasteiger partial charge in [-0.1, -0.05) is 79.9 Å². The van der Waals surface area contributed by atoms with Crippen molar-refractivity contribution >= 4 is 58.0 Å². The molecule has 0 aliphatic rings. The summed E-state index contributed by atoms with van der Waals surface area (Å²) in [5.41, 5.74) is 6.46. The Labute approximate surface area is 216 Å². The maximum atomic E-state index is 12.7. The zero-order valence-electron chi connectivity index (χ0n) is 21.0. The van der Waals surface area contributed by atoms with Crippen molar-refractivity contribution in [1.29, 1.82) is 0 Å². The lowest BCUT2D eigenvalue weighted by atomic mass is 9.94. The van der Waals surface area contributed by atoms with E-state index in [0.29, 0.717) is 11.1 Å². The summed E-state index contributed by atoms with van der Waals surface area (Å²) < 4.78 is 10.3. The molecule has 0 unspecified atom stereocenters. The summed E-state index contributed by atoms with van der Waals surface area (Å²) in [6.07, 6.45) is 7.72. The third-order valence-electron chi connectivity index (χ3n) is 5.96.